The van der Waals surface area contributed by atoms with E-state index >= 15 is 0 Å². The number of halogens is 1. The second kappa shape index (κ2) is 6.37. The van der Waals surface area contributed by atoms with Crippen LogP contribution in [0.2, 0.25) is 0 Å². The highest BCUT2D eigenvalue weighted by Gasteiger charge is 2.08. The van der Waals surface area contributed by atoms with Gasteiger partial charge in [0.15, 0.2) is 0 Å². The first kappa shape index (κ1) is 12.8. The summed E-state index contributed by atoms with van der Waals surface area (Å²) in [5, 5.41) is 14.8. The van der Waals surface area contributed by atoms with Crippen molar-refractivity contribution >= 4 is 27.5 Å². The molecule has 0 aliphatic carbocycles. The van der Waals surface area contributed by atoms with Gasteiger partial charge in [0.25, 0.3) is 0 Å². The molecule has 0 bridgehead atoms. The predicted molar refractivity (Wildman–Crippen MR) is 69.9 cm³/mol. The first-order chi connectivity index (χ1) is 7.65. The molecule has 0 aliphatic rings. The van der Waals surface area contributed by atoms with Gasteiger partial charge < -0.3 is 16.3 Å². The highest BCUT2D eigenvalue weighted by Crippen LogP contribution is 2.17. The van der Waals surface area contributed by atoms with Crippen LogP contribution in [-0.2, 0) is 0 Å². The van der Waals surface area contributed by atoms with Gasteiger partial charge in [-0.05, 0) is 24.6 Å². The van der Waals surface area contributed by atoms with Gasteiger partial charge in [0.2, 0.25) is 0 Å². The average Bonchev–Trinajstić information content (AvgIpc) is 2.28. The Labute approximate surface area is 104 Å². The maximum absolute atomic E-state index is 8.52. The summed E-state index contributed by atoms with van der Waals surface area (Å²) in [4.78, 5) is 0. The summed E-state index contributed by atoms with van der Waals surface area (Å²) < 4.78 is 1.02. The monoisotopic (exact) mass is 285 g/mol. The number of oxime groups is 1. The average molecular weight is 286 g/mol. The highest BCUT2D eigenvalue weighted by molar-refractivity contribution is 9.10. The zero-order chi connectivity index (χ0) is 12.0. The standard InChI is InChI=1S/C11H16BrN3O/c1-2-9(7-11(13)15-16)14-10-5-3-4-8(12)6-10/h3-6,9,14,16H,2,7H2,1H3,(H2,13,15). The fourth-order valence-corrected chi connectivity index (χ4v) is 1.80. The minimum absolute atomic E-state index is 0.171. The zero-order valence-electron chi connectivity index (χ0n) is 9.15. The molecule has 0 fully saturated rings. The summed E-state index contributed by atoms with van der Waals surface area (Å²) in [7, 11) is 0. The van der Waals surface area contributed by atoms with Crippen molar-refractivity contribution in [3.63, 3.8) is 0 Å². The molecule has 0 radical (unpaired) electrons. The molecule has 4 nitrogen and oxygen atoms in total. The topological polar surface area (TPSA) is 70.6 Å². The van der Waals surface area contributed by atoms with E-state index in [9.17, 15) is 0 Å². The Morgan fingerprint density at radius 1 is 1.62 bits per heavy atom. The minimum Gasteiger partial charge on any atom is -0.409 e. The molecule has 1 rings (SSSR count). The van der Waals surface area contributed by atoms with E-state index in [-0.39, 0.29) is 11.9 Å². The Kier molecular flexibility index (Phi) is 5.11. The molecule has 0 heterocycles. The van der Waals surface area contributed by atoms with E-state index in [0.29, 0.717) is 6.42 Å². The number of hydrogen-bond donors (Lipinski definition) is 3. The van der Waals surface area contributed by atoms with Crippen LogP contribution < -0.4 is 11.1 Å². The first-order valence-electron chi connectivity index (χ1n) is 5.14. The van der Waals surface area contributed by atoms with E-state index in [1.165, 1.54) is 0 Å². The van der Waals surface area contributed by atoms with Crippen LogP contribution in [0, 0.1) is 0 Å². The second-order valence-corrected chi connectivity index (χ2v) is 4.47. The quantitative estimate of drug-likeness (QED) is 0.337. The summed E-state index contributed by atoms with van der Waals surface area (Å²) in [6.07, 6.45) is 1.43. The molecule has 88 valence electrons. The van der Waals surface area contributed by atoms with Crippen molar-refractivity contribution in [2.24, 2.45) is 10.9 Å². The molecular weight excluding hydrogens is 270 g/mol. The SMILES string of the molecule is CCC(CC(N)=NO)Nc1cccc(Br)c1. The van der Waals surface area contributed by atoms with Gasteiger partial charge in [0, 0.05) is 22.6 Å². The first-order valence-corrected chi connectivity index (χ1v) is 5.93. The van der Waals surface area contributed by atoms with Gasteiger partial charge >= 0.3 is 0 Å². The largest absolute Gasteiger partial charge is 0.409 e. The molecule has 0 aromatic heterocycles. The number of nitrogens with two attached hydrogens (primary N) is 1. The van der Waals surface area contributed by atoms with Crippen LogP contribution in [0.15, 0.2) is 33.9 Å². The van der Waals surface area contributed by atoms with Crippen molar-refractivity contribution in [2.75, 3.05) is 5.32 Å². The van der Waals surface area contributed by atoms with Crippen LogP contribution in [-0.4, -0.2) is 17.1 Å². The molecule has 0 amide bonds. The minimum atomic E-state index is 0.171. The summed E-state index contributed by atoms with van der Waals surface area (Å²) in [5.41, 5.74) is 6.50. The lowest BCUT2D eigenvalue weighted by Crippen LogP contribution is -2.26. The Balaban J connectivity index is 2.63. The number of amidine groups is 1. The van der Waals surface area contributed by atoms with Crippen molar-refractivity contribution in [3.05, 3.63) is 28.7 Å². The Bertz CT molecular complexity index is 368. The van der Waals surface area contributed by atoms with E-state index in [4.69, 9.17) is 10.9 Å². The van der Waals surface area contributed by atoms with E-state index < -0.39 is 0 Å². The van der Waals surface area contributed by atoms with Crippen LogP contribution in [0.5, 0.6) is 0 Å². The van der Waals surface area contributed by atoms with Crippen molar-refractivity contribution in [1.29, 1.82) is 0 Å². The van der Waals surface area contributed by atoms with E-state index in [0.717, 1.165) is 16.6 Å². The second-order valence-electron chi connectivity index (χ2n) is 3.56. The third-order valence-electron chi connectivity index (χ3n) is 2.27. The number of nitrogens with zero attached hydrogens (tertiary/aromatic N) is 1. The summed E-state index contributed by atoms with van der Waals surface area (Å²) in [6.45, 7) is 2.06. The number of anilines is 1. The number of hydrogen-bond acceptors (Lipinski definition) is 3. The smallest absolute Gasteiger partial charge is 0.141 e. The molecule has 0 spiro atoms. The molecule has 5 heteroatoms. The lowest BCUT2D eigenvalue weighted by molar-refractivity contribution is 0.316. The van der Waals surface area contributed by atoms with Gasteiger partial charge in [-0.3, -0.25) is 0 Å². The normalized spacial score (nSPS) is 13.5. The fourth-order valence-electron chi connectivity index (χ4n) is 1.40. The number of benzene rings is 1. The van der Waals surface area contributed by atoms with Crippen LogP contribution in [0.4, 0.5) is 5.69 Å². The molecule has 4 N–H and O–H groups in total. The molecular formula is C11H16BrN3O. The summed E-state index contributed by atoms with van der Waals surface area (Å²) >= 11 is 3.41. The number of nitrogens with one attached hydrogen (secondary N) is 1. The molecule has 0 saturated carbocycles. The molecule has 1 unspecified atom stereocenters. The van der Waals surface area contributed by atoms with Crippen molar-refractivity contribution in [1.82, 2.24) is 0 Å². The molecule has 1 aromatic rings. The number of rotatable bonds is 5. The van der Waals surface area contributed by atoms with Gasteiger partial charge in [0.05, 0.1) is 0 Å². The lowest BCUT2D eigenvalue weighted by Gasteiger charge is -2.17. The van der Waals surface area contributed by atoms with E-state index in [1.807, 2.05) is 24.3 Å². The van der Waals surface area contributed by atoms with Gasteiger partial charge in [-0.2, -0.15) is 0 Å². The third kappa shape index (κ3) is 4.10. The van der Waals surface area contributed by atoms with Gasteiger partial charge in [0.1, 0.15) is 5.84 Å². The maximum Gasteiger partial charge on any atom is 0.141 e. The Hall–Kier alpha value is -1.23. The van der Waals surface area contributed by atoms with Crippen molar-refractivity contribution < 1.29 is 5.21 Å². The van der Waals surface area contributed by atoms with Crippen LogP contribution in [0.3, 0.4) is 0 Å². The molecule has 1 aromatic carbocycles. The molecule has 1 atom stereocenters. The van der Waals surface area contributed by atoms with Crippen molar-refractivity contribution in [2.45, 2.75) is 25.8 Å². The van der Waals surface area contributed by atoms with Crippen LogP contribution in [0.25, 0.3) is 0 Å². The van der Waals surface area contributed by atoms with Gasteiger partial charge in [-0.15, -0.1) is 0 Å². The van der Waals surface area contributed by atoms with Crippen LogP contribution in [0.1, 0.15) is 19.8 Å². The van der Waals surface area contributed by atoms with Crippen molar-refractivity contribution in [3.8, 4) is 0 Å². The van der Waals surface area contributed by atoms with Gasteiger partial charge in [-0.1, -0.05) is 34.1 Å². The maximum atomic E-state index is 8.52. The highest BCUT2D eigenvalue weighted by atomic mass is 79.9. The lowest BCUT2D eigenvalue weighted by atomic mass is 10.1. The Morgan fingerprint density at radius 3 is 2.94 bits per heavy atom. The summed E-state index contributed by atoms with van der Waals surface area (Å²) in [6, 6.07) is 8.08. The van der Waals surface area contributed by atoms with E-state index in [2.05, 4.69) is 33.3 Å². The predicted octanol–water partition coefficient (Wildman–Crippen LogP) is 2.78. The zero-order valence-corrected chi connectivity index (χ0v) is 10.7. The Morgan fingerprint density at radius 2 is 2.38 bits per heavy atom. The molecule has 16 heavy (non-hydrogen) atoms. The fraction of sp³-hybridized carbons (Fsp3) is 0.364. The molecule has 0 aliphatic heterocycles. The van der Waals surface area contributed by atoms with Crippen LogP contribution >= 0.6 is 15.9 Å². The van der Waals surface area contributed by atoms with E-state index in [1.54, 1.807) is 0 Å². The molecule has 0 saturated heterocycles. The summed E-state index contributed by atoms with van der Waals surface area (Å²) in [5.74, 6) is 0.245. The third-order valence-corrected chi connectivity index (χ3v) is 2.77. The van der Waals surface area contributed by atoms with Gasteiger partial charge in [-0.25, -0.2) is 0 Å².